The molecule has 1 aromatic carbocycles. The molecule has 0 bridgehead atoms. The Bertz CT molecular complexity index is 678. The Hall–Kier alpha value is -1.43. The molecule has 0 atom stereocenters. The van der Waals surface area contributed by atoms with Gasteiger partial charge in [-0.2, -0.15) is 0 Å². The van der Waals surface area contributed by atoms with Crippen LogP contribution in [0.5, 0.6) is 0 Å². The number of likely N-dealkylation sites (N-methyl/N-ethyl adjacent to an activating group) is 1. The molecule has 6 heteroatoms. The van der Waals surface area contributed by atoms with E-state index >= 15 is 0 Å². The van der Waals surface area contributed by atoms with Crippen LogP contribution in [0.25, 0.3) is 0 Å². The average molecular weight is 383 g/mol. The molecule has 1 amide bonds. The maximum Gasteiger partial charge on any atom is 0.239 e. The molecule has 2 rings (SSSR count). The molecule has 0 aliphatic carbocycles. The molecule has 4 nitrogen and oxygen atoms in total. The van der Waals surface area contributed by atoms with Crippen molar-refractivity contribution in [2.24, 2.45) is 0 Å². The number of halogens is 2. The summed E-state index contributed by atoms with van der Waals surface area (Å²) in [6.07, 6.45) is 1.68. The highest BCUT2D eigenvalue weighted by atomic mass is 79.9. The summed E-state index contributed by atoms with van der Waals surface area (Å²) >= 11 is 9.59. The van der Waals surface area contributed by atoms with E-state index < -0.39 is 0 Å². The quantitative estimate of drug-likeness (QED) is 0.853. The van der Waals surface area contributed by atoms with Crippen molar-refractivity contribution in [1.29, 1.82) is 0 Å². The number of carbonyl (C=O) groups is 1. The summed E-state index contributed by atoms with van der Waals surface area (Å²) in [5, 5.41) is 3.48. The lowest BCUT2D eigenvalue weighted by Crippen LogP contribution is -2.30. The number of carbonyl (C=O) groups excluding carboxylic acids is 1. The predicted octanol–water partition coefficient (Wildman–Crippen LogP) is 3.88. The van der Waals surface area contributed by atoms with Crippen molar-refractivity contribution in [3.63, 3.8) is 0 Å². The van der Waals surface area contributed by atoms with Gasteiger partial charge < -0.3 is 5.32 Å². The van der Waals surface area contributed by atoms with E-state index in [1.807, 2.05) is 49.2 Å². The second-order valence-electron chi connectivity index (χ2n) is 5.17. The van der Waals surface area contributed by atoms with Gasteiger partial charge in [-0.25, -0.2) is 4.98 Å². The van der Waals surface area contributed by atoms with E-state index in [0.29, 0.717) is 17.4 Å². The van der Waals surface area contributed by atoms with Gasteiger partial charge in [0.05, 0.1) is 6.54 Å². The van der Waals surface area contributed by atoms with Crippen molar-refractivity contribution in [3.8, 4) is 0 Å². The molecule has 0 saturated carbocycles. The smallest absolute Gasteiger partial charge is 0.239 e. The summed E-state index contributed by atoms with van der Waals surface area (Å²) < 4.78 is 0.966. The molecule has 0 saturated heterocycles. The number of nitrogens with one attached hydrogen (secondary N) is 1. The summed E-state index contributed by atoms with van der Waals surface area (Å²) in [5.74, 6) is 0.464. The van der Waals surface area contributed by atoms with Crippen LogP contribution in [0.4, 0.5) is 5.82 Å². The molecular formula is C16H17BrClN3O. The van der Waals surface area contributed by atoms with Gasteiger partial charge in [0.15, 0.2) is 0 Å². The van der Waals surface area contributed by atoms with E-state index in [9.17, 15) is 4.79 Å². The van der Waals surface area contributed by atoms with Crippen LogP contribution in [-0.4, -0.2) is 29.4 Å². The van der Waals surface area contributed by atoms with E-state index in [1.165, 1.54) is 0 Å². The summed E-state index contributed by atoms with van der Waals surface area (Å²) in [4.78, 5) is 18.1. The number of pyridine rings is 1. The maximum absolute atomic E-state index is 12.0. The van der Waals surface area contributed by atoms with Crippen molar-refractivity contribution >= 4 is 39.3 Å². The number of anilines is 1. The topological polar surface area (TPSA) is 45.2 Å². The molecule has 22 heavy (non-hydrogen) atoms. The minimum atomic E-state index is -0.105. The highest BCUT2D eigenvalue weighted by molar-refractivity contribution is 9.10. The van der Waals surface area contributed by atoms with Gasteiger partial charge in [-0.05, 0) is 55.4 Å². The number of nitrogens with zero attached hydrogens (tertiary/aromatic N) is 2. The summed E-state index contributed by atoms with van der Waals surface area (Å²) in [6, 6.07) is 9.41. The third kappa shape index (κ3) is 5.09. The first kappa shape index (κ1) is 16.9. The Morgan fingerprint density at radius 3 is 2.86 bits per heavy atom. The number of aryl methyl sites for hydroxylation is 1. The Labute approximate surface area is 143 Å². The van der Waals surface area contributed by atoms with Crippen LogP contribution < -0.4 is 5.32 Å². The second-order valence-corrected chi connectivity index (χ2v) is 6.50. The monoisotopic (exact) mass is 381 g/mol. The lowest BCUT2D eigenvalue weighted by atomic mass is 10.2. The van der Waals surface area contributed by atoms with Gasteiger partial charge in [0.25, 0.3) is 0 Å². The molecule has 0 aliphatic heterocycles. The molecule has 0 fully saturated rings. The third-order valence-corrected chi connectivity index (χ3v) is 3.91. The SMILES string of the molecule is Cc1ccnc(NC(=O)CN(C)Cc2cc(Br)ccc2Cl)c1. The average Bonchev–Trinajstić information content (AvgIpc) is 2.42. The Kier molecular flexibility index (Phi) is 5.94. The van der Waals surface area contributed by atoms with Gasteiger partial charge in [0.1, 0.15) is 5.82 Å². The molecule has 0 spiro atoms. The predicted molar refractivity (Wildman–Crippen MR) is 93.1 cm³/mol. The Morgan fingerprint density at radius 2 is 2.14 bits per heavy atom. The van der Waals surface area contributed by atoms with Crippen LogP contribution in [0.2, 0.25) is 5.02 Å². The Balaban J connectivity index is 1.92. The number of benzene rings is 1. The minimum Gasteiger partial charge on any atom is -0.310 e. The summed E-state index contributed by atoms with van der Waals surface area (Å²) in [5.41, 5.74) is 2.03. The third-order valence-electron chi connectivity index (χ3n) is 3.04. The van der Waals surface area contributed by atoms with Crippen LogP contribution in [0.15, 0.2) is 41.0 Å². The zero-order chi connectivity index (χ0) is 16.1. The fraction of sp³-hybridized carbons (Fsp3) is 0.250. The fourth-order valence-electron chi connectivity index (χ4n) is 2.04. The molecular weight excluding hydrogens is 366 g/mol. The van der Waals surface area contributed by atoms with Crippen molar-refractivity contribution in [2.45, 2.75) is 13.5 Å². The first-order valence-electron chi connectivity index (χ1n) is 6.79. The van der Waals surface area contributed by atoms with Crippen molar-refractivity contribution < 1.29 is 4.79 Å². The minimum absolute atomic E-state index is 0.105. The zero-order valence-electron chi connectivity index (χ0n) is 12.4. The molecule has 1 N–H and O–H groups in total. The van der Waals surface area contributed by atoms with Gasteiger partial charge in [0.2, 0.25) is 5.91 Å². The van der Waals surface area contributed by atoms with Gasteiger partial charge in [-0.15, -0.1) is 0 Å². The molecule has 1 aromatic heterocycles. The van der Waals surface area contributed by atoms with Gasteiger partial charge in [-0.3, -0.25) is 9.69 Å². The van der Waals surface area contributed by atoms with E-state index in [0.717, 1.165) is 15.6 Å². The molecule has 0 radical (unpaired) electrons. The Morgan fingerprint density at radius 1 is 1.36 bits per heavy atom. The molecule has 2 aromatic rings. The number of hydrogen-bond donors (Lipinski definition) is 1. The van der Waals surface area contributed by atoms with E-state index in [-0.39, 0.29) is 12.5 Å². The molecule has 0 aliphatic rings. The lowest BCUT2D eigenvalue weighted by Gasteiger charge is -2.17. The van der Waals surface area contributed by atoms with E-state index in [1.54, 1.807) is 6.20 Å². The summed E-state index contributed by atoms with van der Waals surface area (Å²) in [7, 11) is 1.88. The lowest BCUT2D eigenvalue weighted by molar-refractivity contribution is -0.117. The first-order valence-corrected chi connectivity index (χ1v) is 7.96. The van der Waals surface area contributed by atoms with Crippen LogP contribution in [0, 0.1) is 6.92 Å². The number of hydrogen-bond acceptors (Lipinski definition) is 3. The summed E-state index contributed by atoms with van der Waals surface area (Å²) in [6.45, 7) is 2.81. The molecule has 0 unspecified atom stereocenters. The van der Waals surface area contributed by atoms with E-state index in [2.05, 4.69) is 26.2 Å². The zero-order valence-corrected chi connectivity index (χ0v) is 14.8. The van der Waals surface area contributed by atoms with Crippen LogP contribution in [0.3, 0.4) is 0 Å². The highest BCUT2D eigenvalue weighted by Gasteiger charge is 2.10. The number of aromatic nitrogens is 1. The van der Waals surface area contributed by atoms with Crippen molar-refractivity contribution in [1.82, 2.24) is 9.88 Å². The van der Waals surface area contributed by atoms with E-state index in [4.69, 9.17) is 11.6 Å². The van der Waals surface area contributed by atoms with Gasteiger partial charge >= 0.3 is 0 Å². The van der Waals surface area contributed by atoms with Crippen molar-refractivity contribution in [3.05, 3.63) is 57.2 Å². The number of amides is 1. The van der Waals surface area contributed by atoms with Crippen LogP contribution in [0.1, 0.15) is 11.1 Å². The van der Waals surface area contributed by atoms with Gasteiger partial charge in [-0.1, -0.05) is 27.5 Å². The van der Waals surface area contributed by atoms with Gasteiger partial charge in [0, 0.05) is 22.2 Å². The first-order chi connectivity index (χ1) is 10.4. The fourth-order valence-corrected chi connectivity index (χ4v) is 2.63. The molecule has 1 heterocycles. The van der Waals surface area contributed by atoms with Crippen LogP contribution >= 0.6 is 27.5 Å². The highest BCUT2D eigenvalue weighted by Crippen LogP contribution is 2.22. The van der Waals surface area contributed by atoms with Crippen molar-refractivity contribution in [2.75, 3.05) is 18.9 Å². The number of rotatable bonds is 5. The largest absolute Gasteiger partial charge is 0.310 e. The molecule has 116 valence electrons. The van der Waals surface area contributed by atoms with Crippen LogP contribution in [-0.2, 0) is 11.3 Å². The normalized spacial score (nSPS) is 10.8. The second kappa shape index (κ2) is 7.72. The maximum atomic E-state index is 12.0. The standard InChI is InChI=1S/C16H17BrClN3O/c1-11-5-6-19-15(7-11)20-16(22)10-21(2)9-12-8-13(17)3-4-14(12)18/h3-8H,9-10H2,1-2H3,(H,19,20,22).